The molecule has 0 spiro atoms. The van der Waals surface area contributed by atoms with Gasteiger partial charge in [-0.3, -0.25) is 0 Å². The van der Waals surface area contributed by atoms with E-state index in [1.807, 2.05) is 0 Å². The second-order valence-electron chi connectivity index (χ2n) is 7.16. The van der Waals surface area contributed by atoms with Gasteiger partial charge in [0.2, 0.25) is 0 Å². The first kappa shape index (κ1) is 21.1. The van der Waals surface area contributed by atoms with Crippen LogP contribution in [0.2, 0.25) is 0 Å². The van der Waals surface area contributed by atoms with E-state index in [2.05, 4.69) is 10.6 Å². The lowest BCUT2D eigenvalue weighted by Gasteiger charge is -2.30. The number of methoxy groups -OCH3 is 1. The summed E-state index contributed by atoms with van der Waals surface area (Å²) in [5.41, 5.74) is 0.487. The number of ether oxygens (including phenoxy) is 3. The van der Waals surface area contributed by atoms with Gasteiger partial charge >= 0.3 is 18.0 Å². The minimum atomic E-state index is -1.12. The second kappa shape index (κ2) is 8.20. The summed E-state index contributed by atoms with van der Waals surface area (Å²) in [5, 5.41) is 14.0. The van der Waals surface area contributed by atoms with E-state index in [0.717, 1.165) is 0 Å². The molecule has 0 saturated carbocycles. The summed E-state index contributed by atoms with van der Waals surface area (Å²) in [6, 6.07) is 3.48. The minimum absolute atomic E-state index is 0.230. The number of urea groups is 1. The molecule has 3 N–H and O–H groups in total. The van der Waals surface area contributed by atoms with Gasteiger partial charge in [-0.1, -0.05) is 6.07 Å². The predicted molar refractivity (Wildman–Crippen MR) is 99.1 cm³/mol. The molecule has 0 fully saturated rings. The first-order valence-electron chi connectivity index (χ1n) is 8.56. The van der Waals surface area contributed by atoms with Crippen molar-refractivity contribution in [1.82, 2.24) is 10.6 Å². The normalized spacial score (nSPS) is 16.8. The fourth-order valence-electron chi connectivity index (χ4n) is 2.67. The standard InChI is InChI=1S/C19H24N2O7/c1-10-15(17(24)28-19(2,3)4)16(21-18(25)20-10)11-6-7-12(13(8-11)26-5)27-9-14(22)23/h6-8,16H,9H2,1-5H3,(H,22,23)(H2,20,21,25). The Labute approximate surface area is 162 Å². The summed E-state index contributed by atoms with van der Waals surface area (Å²) >= 11 is 0. The van der Waals surface area contributed by atoms with Crippen molar-refractivity contribution in [3.8, 4) is 11.5 Å². The van der Waals surface area contributed by atoms with Gasteiger partial charge in [0.05, 0.1) is 18.7 Å². The number of amides is 2. The van der Waals surface area contributed by atoms with Crippen LogP contribution in [0.3, 0.4) is 0 Å². The Hall–Kier alpha value is -3.23. The Kier molecular flexibility index (Phi) is 6.17. The molecule has 1 aromatic carbocycles. The number of carbonyl (C=O) groups is 3. The van der Waals surface area contributed by atoms with Gasteiger partial charge in [-0.2, -0.15) is 0 Å². The lowest BCUT2D eigenvalue weighted by molar-refractivity contribution is -0.150. The highest BCUT2D eigenvalue weighted by Gasteiger charge is 2.34. The van der Waals surface area contributed by atoms with Crippen molar-refractivity contribution in [2.45, 2.75) is 39.3 Å². The van der Waals surface area contributed by atoms with Crippen molar-refractivity contribution in [3.05, 3.63) is 35.0 Å². The van der Waals surface area contributed by atoms with Gasteiger partial charge < -0.3 is 30.0 Å². The number of hydrogen-bond acceptors (Lipinski definition) is 6. The number of carbonyl (C=O) groups excluding carboxylic acids is 2. The van der Waals surface area contributed by atoms with E-state index in [1.54, 1.807) is 39.8 Å². The molecule has 9 nitrogen and oxygen atoms in total. The zero-order valence-corrected chi connectivity index (χ0v) is 16.4. The number of hydrogen-bond donors (Lipinski definition) is 3. The molecule has 9 heteroatoms. The summed E-state index contributed by atoms with van der Waals surface area (Å²) in [6.07, 6.45) is 0. The summed E-state index contributed by atoms with van der Waals surface area (Å²) in [4.78, 5) is 35.4. The van der Waals surface area contributed by atoms with Gasteiger partial charge in [0.1, 0.15) is 5.60 Å². The molecule has 2 rings (SSSR count). The number of allylic oxidation sites excluding steroid dienone is 1. The van der Waals surface area contributed by atoms with Crippen LogP contribution in [0, 0.1) is 0 Å². The van der Waals surface area contributed by atoms with Gasteiger partial charge in [-0.25, -0.2) is 14.4 Å². The smallest absolute Gasteiger partial charge is 0.341 e. The zero-order valence-electron chi connectivity index (χ0n) is 16.4. The van der Waals surface area contributed by atoms with Crippen LogP contribution in [0.15, 0.2) is 29.5 Å². The Morgan fingerprint density at radius 2 is 1.89 bits per heavy atom. The van der Waals surface area contributed by atoms with E-state index in [4.69, 9.17) is 19.3 Å². The third-order valence-electron chi connectivity index (χ3n) is 3.76. The number of rotatable bonds is 6. The maximum absolute atomic E-state index is 12.7. The number of esters is 1. The van der Waals surface area contributed by atoms with E-state index in [0.29, 0.717) is 11.3 Å². The van der Waals surface area contributed by atoms with Crippen LogP contribution in [0.4, 0.5) is 4.79 Å². The molecule has 2 amide bonds. The minimum Gasteiger partial charge on any atom is -0.493 e. The molecule has 1 unspecified atom stereocenters. The maximum Gasteiger partial charge on any atom is 0.341 e. The topological polar surface area (TPSA) is 123 Å². The highest BCUT2D eigenvalue weighted by molar-refractivity contribution is 5.95. The highest BCUT2D eigenvalue weighted by atomic mass is 16.6. The molecule has 1 aliphatic heterocycles. The van der Waals surface area contributed by atoms with Crippen LogP contribution in [-0.2, 0) is 14.3 Å². The van der Waals surface area contributed by atoms with Crippen molar-refractivity contribution in [1.29, 1.82) is 0 Å². The molecule has 0 aromatic heterocycles. The third kappa shape index (κ3) is 5.15. The average molecular weight is 392 g/mol. The van der Waals surface area contributed by atoms with Crippen LogP contribution in [0.1, 0.15) is 39.3 Å². The average Bonchev–Trinajstić information content (AvgIpc) is 2.57. The van der Waals surface area contributed by atoms with Crippen molar-refractivity contribution in [3.63, 3.8) is 0 Å². The molecule has 1 aromatic rings. The number of aliphatic carboxylic acids is 1. The quantitative estimate of drug-likeness (QED) is 0.634. The molecular weight excluding hydrogens is 368 g/mol. The Bertz CT molecular complexity index is 824. The number of benzene rings is 1. The summed E-state index contributed by atoms with van der Waals surface area (Å²) < 4.78 is 15.9. The molecule has 152 valence electrons. The van der Waals surface area contributed by atoms with Gasteiger partial charge in [-0.05, 0) is 45.4 Å². The largest absolute Gasteiger partial charge is 0.493 e. The van der Waals surface area contributed by atoms with Crippen LogP contribution in [0.5, 0.6) is 11.5 Å². The monoisotopic (exact) mass is 392 g/mol. The second-order valence-corrected chi connectivity index (χ2v) is 7.16. The van der Waals surface area contributed by atoms with Gasteiger partial charge in [0.25, 0.3) is 0 Å². The SMILES string of the molecule is COc1cc(C2NC(=O)NC(C)=C2C(=O)OC(C)(C)C)ccc1OCC(=O)O. The molecule has 0 saturated heterocycles. The Balaban J connectivity index is 2.42. The lowest BCUT2D eigenvalue weighted by atomic mass is 9.95. The number of carboxylic acids is 1. The van der Waals surface area contributed by atoms with Gasteiger partial charge in [-0.15, -0.1) is 0 Å². The lowest BCUT2D eigenvalue weighted by Crippen LogP contribution is -2.46. The molecule has 0 radical (unpaired) electrons. The first-order valence-corrected chi connectivity index (χ1v) is 8.56. The van der Waals surface area contributed by atoms with E-state index in [-0.39, 0.29) is 17.1 Å². The Morgan fingerprint density at radius 1 is 1.21 bits per heavy atom. The molecule has 0 aliphatic carbocycles. The molecule has 1 atom stereocenters. The first-order chi connectivity index (χ1) is 13.0. The number of carboxylic acid groups (broad SMARTS) is 1. The van der Waals surface area contributed by atoms with Crippen molar-refractivity contribution in [2.75, 3.05) is 13.7 Å². The highest BCUT2D eigenvalue weighted by Crippen LogP contribution is 2.35. The maximum atomic E-state index is 12.7. The molecule has 1 aliphatic rings. The summed E-state index contributed by atoms with van der Waals surface area (Å²) in [6.45, 7) is 6.35. The van der Waals surface area contributed by atoms with Crippen LogP contribution in [-0.4, -0.2) is 42.4 Å². The molecule has 1 heterocycles. The van der Waals surface area contributed by atoms with Crippen LogP contribution in [0.25, 0.3) is 0 Å². The van der Waals surface area contributed by atoms with Crippen molar-refractivity contribution >= 4 is 18.0 Å². The Morgan fingerprint density at radius 3 is 2.46 bits per heavy atom. The van der Waals surface area contributed by atoms with Crippen LogP contribution >= 0.6 is 0 Å². The van der Waals surface area contributed by atoms with Crippen molar-refractivity contribution in [2.24, 2.45) is 0 Å². The van der Waals surface area contributed by atoms with E-state index in [9.17, 15) is 14.4 Å². The number of nitrogens with one attached hydrogen (secondary N) is 2. The van der Waals surface area contributed by atoms with Gasteiger partial charge in [0.15, 0.2) is 18.1 Å². The predicted octanol–water partition coefficient (Wildman–Crippen LogP) is 2.13. The van der Waals surface area contributed by atoms with Gasteiger partial charge in [0, 0.05) is 5.70 Å². The van der Waals surface area contributed by atoms with E-state index >= 15 is 0 Å². The zero-order chi connectivity index (χ0) is 21.1. The van der Waals surface area contributed by atoms with Crippen LogP contribution < -0.4 is 20.1 Å². The third-order valence-corrected chi connectivity index (χ3v) is 3.76. The summed E-state index contributed by atoms with van der Waals surface area (Å²) in [5.74, 6) is -1.18. The fraction of sp³-hybridized carbons (Fsp3) is 0.421. The fourth-order valence-corrected chi connectivity index (χ4v) is 2.67. The van der Waals surface area contributed by atoms with Crippen molar-refractivity contribution < 1.29 is 33.7 Å². The molecule has 28 heavy (non-hydrogen) atoms. The van der Waals surface area contributed by atoms with E-state index in [1.165, 1.54) is 13.2 Å². The molecule has 0 bridgehead atoms. The molecular formula is C19H24N2O7. The summed E-state index contributed by atoms with van der Waals surface area (Å²) in [7, 11) is 1.41. The van der Waals surface area contributed by atoms with E-state index < -0.39 is 36.2 Å².